The van der Waals surface area contributed by atoms with Crippen LogP contribution in [0.2, 0.25) is 0 Å². The molecule has 0 amide bonds. The van der Waals surface area contributed by atoms with E-state index in [0.717, 1.165) is 11.6 Å². The molecule has 0 unspecified atom stereocenters. The molecule has 25 heavy (non-hydrogen) atoms. The van der Waals surface area contributed by atoms with E-state index in [1.807, 2.05) is 0 Å². The van der Waals surface area contributed by atoms with Crippen molar-refractivity contribution in [2.24, 2.45) is 5.73 Å². The van der Waals surface area contributed by atoms with Crippen LogP contribution in [-0.4, -0.2) is 26.5 Å². The van der Waals surface area contributed by atoms with Crippen molar-refractivity contribution in [2.45, 2.75) is 16.7 Å². The van der Waals surface area contributed by atoms with E-state index in [1.165, 1.54) is 24.3 Å². The predicted molar refractivity (Wildman–Crippen MR) is 95.7 cm³/mol. The molecule has 2 rings (SSSR count). The Bertz CT molecular complexity index is 1020. The van der Waals surface area contributed by atoms with Gasteiger partial charge >= 0.3 is 10.1 Å². The molecule has 8 nitrogen and oxygen atoms in total. The molecule has 11 heteroatoms. The third-order valence-corrected chi connectivity index (χ3v) is 5.26. The number of hydrogen-bond donors (Lipinski definition) is 3. The average Bonchev–Trinajstić information content (AvgIpc) is 2.47. The molecule has 0 saturated heterocycles. The van der Waals surface area contributed by atoms with E-state index in [4.69, 9.17) is 9.92 Å². The molecule has 2 aromatic rings. The van der Waals surface area contributed by atoms with Crippen LogP contribution in [0.1, 0.15) is 5.56 Å². The van der Waals surface area contributed by atoms with Gasteiger partial charge in [0, 0.05) is 6.07 Å². The van der Waals surface area contributed by atoms with E-state index in [2.05, 4.69) is 17.5 Å². The second-order valence-electron chi connectivity index (χ2n) is 4.97. The SMILES string of the molecule is Cc1ccc(S(=O)(=O)Oc2ccc(NC(N)=S)c(S(=O)(=O)O)c2)cc1. The molecule has 0 fully saturated rings. The third kappa shape index (κ3) is 4.89. The summed E-state index contributed by atoms with van der Waals surface area (Å²) in [5.41, 5.74) is 6.03. The summed E-state index contributed by atoms with van der Waals surface area (Å²) in [6.07, 6.45) is 0. The first-order valence-electron chi connectivity index (χ1n) is 6.68. The highest BCUT2D eigenvalue weighted by Gasteiger charge is 2.21. The molecule has 0 spiro atoms. The number of thiocarbonyl (C=S) groups is 1. The number of nitrogens with one attached hydrogen (secondary N) is 1. The number of hydrogen-bond acceptors (Lipinski definition) is 6. The maximum absolute atomic E-state index is 12.2. The van der Waals surface area contributed by atoms with Gasteiger partial charge in [-0.25, -0.2) is 0 Å². The first-order chi connectivity index (χ1) is 11.5. The molecule has 0 radical (unpaired) electrons. The summed E-state index contributed by atoms with van der Waals surface area (Å²) < 4.78 is 61.7. The van der Waals surface area contributed by atoms with Crippen molar-refractivity contribution >= 4 is 43.3 Å². The smallest absolute Gasteiger partial charge is 0.339 e. The number of anilines is 1. The molecule has 0 saturated carbocycles. The van der Waals surface area contributed by atoms with E-state index in [1.54, 1.807) is 19.1 Å². The first-order valence-corrected chi connectivity index (χ1v) is 9.94. The van der Waals surface area contributed by atoms with Gasteiger partial charge < -0.3 is 15.2 Å². The van der Waals surface area contributed by atoms with Crippen LogP contribution in [0.3, 0.4) is 0 Å². The molecule has 0 aliphatic rings. The zero-order chi connectivity index (χ0) is 18.8. The van der Waals surface area contributed by atoms with Crippen LogP contribution in [0.15, 0.2) is 52.3 Å². The Hall–Kier alpha value is -2.21. The Kier molecular flexibility index (Phi) is 5.32. The van der Waals surface area contributed by atoms with E-state index in [-0.39, 0.29) is 21.4 Å². The lowest BCUT2D eigenvalue weighted by Crippen LogP contribution is -2.20. The van der Waals surface area contributed by atoms with Crippen molar-refractivity contribution in [1.82, 2.24) is 0 Å². The topological polar surface area (TPSA) is 136 Å². The van der Waals surface area contributed by atoms with Gasteiger partial charge in [-0.2, -0.15) is 16.8 Å². The lowest BCUT2D eigenvalue weighted by Gasteiger charge is -2.12. The van der Waals surface area contributed by atoms with E-state index in [9.17, 15) is 21.4 Å². The number of benzene rings is 2. The Morgan fingerprint density at radius 2 is 1.72 bits per heavy atom. The van der Waals surface area contributed by atoms with Crippen molar-refractivity contribution < 1.29 is 25.6 Å². The van der Waals surface area contributed by atoms with Crippen molar-refractivity contribution in [2.75, 3.05) is 5.32 Å². The fourth-order valence-corrected chi connectivity index (χ4v) is 3.58. The van der Waals surface area contributed by atoms with Crippen LogP contribution in [0.4, 0.5) is 5.69 Å². The Labute approximate surface area is 150 Å². The molecule has 0 aromatic heterocycles. The maximum atomic E-state index is 12.2. The van der Waals surface area contributed by atoms with Gasteiger partial charge in [0.1, 0.15) is 15.5 Å². The quantitative estimate of drug-likeness (QED) is 0.387. The van der Waals surface area contributed by atoms with Crippen LogP contribution < -0.4 is 15.2 Å². The van der Waals surface area contributed by atoms with Gasteiger partial charge in [-0.05, 0) is 43.4 Å². The summed E-state index contributed by atoms with van der Waals surface area (Å²) in [7, 11) is -8.86. The number of rotatable bonds is 5. The summed E-state index contributed by atoms with van der Waals surface area (Å²) in [6, 6.07) is 9.11. The predicted octanol–water partition coefficient (Wildman–Crippen LogP) is 1.66. The fourth-order valence-electron chi connectivity index (χ4n) is 1.88. The van der Waals surface area contributed by atoms with Crippen LogP contribution >= 0.6 is 12.2 Å². The van der Waals surface area contributed by atoms with Crippen LogP contribution in [0.5, 0.6) is 5.75 Å². The standard InChI is InChI=1S/C14H14N2O6S3/c1-9-2-5-11(6-3-9)25(20,21)22-10-4-7-12(16-14(15)23)13(8-10)24(17,18)19/h2-8H,1H3,(H3,15,16,23)(H,17,18,19). The molecule has 134 valence electrons. The summed E-state index contributed by atoms with van der Waals surface area (Å²) >= 11 is 4.62. The minimum absolute atomic E-state index is 0.100. The molecule has 2 aromatic carbocycles. The summed E-state index contributed by atoms with van der Waals surface area (Å²) in [6.45, 7) is 1.79. The Morgan fingerprint density at radius 3 is 2.24 bits per heavy atom. The average molecular weight is 402 g/mol. The lowest BCUT2D eigenvalue weighted by atomic mass is 10.2. The first kappa shape index (κ1) is 19.1. The van der Waals surface area contributed by atoms with Gasteiger partial charge in [-0.3, -0.25) is 4.55 Å². The van der Waals surface area contributed by atoms with Crippen molar-refractivity contribution in [3.63, 3.8) is 0 Å². The van der Waals surface area contributed by atoms with Crippen molar-refractivity contribution in [3.8, 4) is 5.75 Å². The van der Waals surface area contributed by atoms with Crippen LogP contribution in [0, 0.1) is 6.92 Å². The molecule has 0 heterocycles. The highest BCUT2D eigenvalue weighted by Crippen LogP contribution is 2.28. The maximum Gasteiger partial charge on any atom is 0.339 e. The normalized spacial score (nSPS) is 11.8. The summed E-state index contributed by atoms with van der Waals surface area (Å²) in [5, 5.41) is 2.14. The Balaban J connectivity index is 2.43. The third-order valence-electron chi connectivity index (χ3n) is 3.00. The second kappa shape index (κ2) is 6.96. The number of aryl methyl sites for hydroxylation is 1. The van der Waals surface area contributed by atoms with Gasteiger partial charge in [0.2, 0.25) is 0 Å². The Morgan fingerprint density at radius 1 is 1.12 bits per heavy atom. The molecular weight excluding hydrogens is 388 g/mol. The van der Waals surface area contributed by atoms with Gasteiger partial charge in [0.15, 0.2) is 5.11 Å². The molecule has 4 N–H and O–H groups in total. The molecule has 0 aliphatic heterocycles. The number of nitrogens with two attached hydrogens (primary N) is 1. The van der Waals surface area contributed by atoms with Crippen LogP contribution in [0.25, 0.3) is 0 Å². The molecule has 0 aliphatic carbocycles. The largest absolute Gasteiger partial charge is 0.379 e. The van der Waals surface area contributed by atoms with Crippen molar-refractivity contribution in [1.29, 1.82) is 0 Å². The highest BCUT2D eigenvalue weighted by molar-refractivity contribution is 7.87. The van der Waals surface area contributed by atoms with Crippen molar-refractivity contribution in [3.05, 3.63) is 48.0 Å². The zero-order valence-electron chi connectivity index (χ0n) is 12.8. The van der Waals surface area contributed by atoms with Crippen LogP contribution in [-0.2, 0) is 20.2 Å². The minimum Gasteiger partial charge on any atom is -0.379 e. The highest BCUT2D eigenvalue weighted by atomic mass is 32.2. The summed E-state index contributed by atoms with van der Waals surface area (Å²) in [4.78, 5) is -0.728. The van der Waals surface area contributed by atoms with E-state index in [0.29, 0.717) is 0 Å². The van der Waals surface area contributed by atoms with Gasteiger partial charge in [0.05, 0.1) is 5.69 Å². The van der Waals surface area contributed by atoms with Gasteiger partial charge in [-0.1, -0.05) is 17.7 Å². The fraction of sp³-hybridized carbons (Fsp3) is 0.0714. The molecular formula is C14H14N2O6S3. The zero-order valence-corrected chi connectivity index (χ0v) is 15.3. The van der Waals surface area contributed by atoms with Gasteiger partial charge in [0.25, 0.3) is 10.1 Å². The van der Waals surface area contributed by atoms with Gasteiger partial charge in [-0.15, -0.1) is 0 Å². The second-order valence-corrected chi connectivity index (χ2v) is 8.35. The minimum atomic E-state index is -4.68. The summed E-state index contributed by atoms with van der Waals surface area (Å²) in [5.74, 6) is -0.304. The monoisotopic (exact) mass is 402 g/mol. The molecule has 0 atom stereocenters. The van der Waals surface area contributed by atoms with E-state index < -0.39 is 25.1 Å². The van der Waals surface area contributed by atoms with E-state index >= 15 is 0 Å². The molecule has 0 bridgehead atoms. The lowest BCUT2D eigenvalue weighted by molar-refractivity contribution is 0.476.